The summed E-state index contributed by atoms with van der Waals surface area (Å²) in [5.41, 5.74) is 0. The smallest absolute Gasteiger partial charge is 0.303 e. The number of hydrogen-bond acceptors (Lipinski definition) is 10. The van der Waals surface area contributed by atoms with Gasteiger partial charge in [-0.05, 0) is 60.4 Å². The molecule has 0 atom stereocenters. The first-order valence-electron chi connectivity index (χ1n) is 15.9. The van der Waals surface area contributed by atoms with Crippen LogP contribution >= 0.6 is 0 Å². The standard InChI is InChI=1S/C20H60O10Si10/c1-11-31-21-32(12-2)23-34(14-4)25-36(16-6)27-38(18-8)29-40(20-10)30-39(19-9)28-37(17-7)26-35(15-5)24-33(13-3)22-31/h31-40H,11-20H2,1-10H3. The highest BCUT2D eigenvalue weighted by Crippen LogP contribution is 2.17. The maximum Gasteiger partial charge on any atom is 0.303 e. The van der Waals surface area contributed by atoms with Crippen molar-refractivity contribution in [3.05, 3.63) is 0 Å². The fourth-order valence-corrected chi connectivity index (χ4v) is 41.2. The SMILES string of the molecule is CC[SiH]1O[SiH](CC)O[SiH](CC)O[SiH](CC)O[SiH](CC)O[SiH](CC)O[SiH](CC)O[SiH](CC)O[SiH](CC)O[SiH](CC)O1. The molecule has 1 saturated heterocycles. The molecule has 0 N–H and O–H groups in total. The van der Waals surface area contributed by atoms with Crippen LogP contribution in [0.4, 0.5) is 0 Å². The lowest BCUT2D eigenvalue weighted by molar-refractivity contribution is 0.284. The second kappa shape index (κ2) is 24.1. The third-order valence-corrected chi connectivity index (χ3v) is 37.3. The summed E-state index contributed by atoms with van der Waals surface area (Å²) in [6.45, 7) is 21.6. The van der Waals surface area contributed by atoms with E-state index < -0.39 is 92.8 Å². The molecule has 240 valence electrons. The van der Waals surface area contributed by atoms with E-state index in [0.29, 0.717) is 0 Å². The maximum absolute atomic E-state index is 6.63. The highest BCUT2D eigenvalue weighted by Gasteiger charge is 2.33. The molecular formula is C20H60O10Si10. The Labute approximate surface area is 262 Å². The Bertz CT molecular complexity index is 438. The summed E-state index contributed by atoms with van der Waals surface area (Å²) < 4.78 is 66.3. The van der Waals surface area contributed by atoms with Crippen molar-refractivity contribution in [3.63, 3.8) is 0 Å². The fourth-order valence-electron chi connectivity index (χ4n) is 3.94. The Balaban J connectivity index is 3.25. The molecule has 1 aliphatic rings. The molecule has 0 radical (unpaired) electrons. The molecule has 1 heterocycles. The molecule has 40 heavy (non-hydrogen) atoms. The summed E-state index contributed by atoms with van der Waals surface area (Å²) in [5.74, 6) is 0. The zero-order valence-corrected chi connectivity index (χ0v) is 38.5. The van der Waals surface area contributed by atoms with Gasteiger partial charge in [-0.1, -0.05) is 69.2 Å². The highest BCUT2D eigenvalue weighted by molar-refractivity contribution is 6.75. The van der Waals surface area contributed by atoms with Crippen molar-refractivity contribution in [2.45, 2.75) is 130 Å². The first-order chi connectivity index (χ1) is 19.3. The van der Waals surface area contributed by atoms with Crippen LogP contribution in [0.2, 0.25) is 60.4 Å². The van der Waals surface area contributed by atoms with Gasteiger partial charge in [-0.2, -0.15) is 0 Å². The molecule has 1 rings (SSSR count). The van der Waals surface area contributed by atoms with E-state index >= 15 is 0 Å². The molecule has 20 heteroatoms. The maximum atomic E-state index is 6.63. The Morgan fingerprint density at radius 3 is 0.325 bits per heavy atom. The van der Waals surface area contributed by atoms with E-state index in [1.54, 1.807) is 0 Å². The second-order valence-electron chi connectivity index (χ2n) is 9.74. The van der Waals surface area contributed by atoms with Crippen LogP contribution in [-0.4, -0.2) is 92.8 Å². The first-order valence-corrected chi connectivity index (χ1v) is 33.5. The van der Waals surface area contributed by atoms with Crippen molar-refractivity contribution in [2.24, 2.45) is 0 Å². The quantitative estimate of drug-likeness (QED) is 0.312. The van der Waals surface area contributed by atoms with Crippen molar-refractivity contribution in [1.29, 1.82) is 0 Å². The van der Waals surface area contributed by atoms with Gasteiger partial charge in [0, 0.05) is 0 Å². The van der Waals surface area contributed by atoms with Gasteiger partial charge >= 0.3 is 92.8 Å². The van der Waals surface area contributed by atoms with E-state index in [2.05, 4.69) is 69.2 Å². The summed E-state index contributed by atoms with van der Waals surface area (Å²) in [6, 6.07) is 8.97. The van der Waals surface area contributed by atoms with Gasteiger partial charge < -0.3 is 41.2 Å². The lowest BCUT2D eigenvalue weighted by Gasteiger charge is -2.33. The van der Waals surface area contributed by atoms with Gasteiger partial charge in [0.15, 0.2) is 0 Å². The van der Waals surface area contributed by atoms with E-state index in [4.69, 9.17) is 41.2 Å². The van der Waals surface area contributed by atoms with Gasteiger partial charge in [-0.25, -0.2) is 0 Å². The summed E-state index contributed by atoms with van der Waals surface area (Å²) in [4.78, 5) is 0. The number of hydrogen-bond donors (Lipinski definition) is 0. The summed E-state index contributed by atoms with van der Waals surface area (Å²) >= 11 is 0. The van der Waals surface area contributed by atoms with E-state index in [0.717, 1.165) is 60.4 Å². The predicted molar refractivity (Wildman–Crippen MR) is 187 cm³/mol. The highest BCUT2D eigenvalue weighted by atomic mass is 28.5. The molecule has 0 bridgehead atoms. The van der Waals surface area contributed by atoms with Gasteiger partial charge in [0.25, 0.3) is 0 Å². The van der Waals surface area contributed by atoms with Crippen molar-refractivity contribution in [1.82, 2.24) is 0 Å². The van der Waals surface area contributed by atoms with Gasteiger partial charge in [-0.3, -0.25) is 0 Å². The molecule has 1 aliphatic heterocycles. The van der Waals surface area contributed by atoms with Crippen LogP contribution in [0.5, 0.6) is 0 Å². The summed E-state index contributed by atoms with van der Waals surface area (Å²) in [5, 5.41) is 0. The van der Waals surface area contributed by atoms with Crippen LogP contribution in [0.25, 0.3) is 0 Å². The molecule has 0 aromatic heterocycles. The van der Waals surface area contributed by atoms with Gasteiger partial charge in [0.1, 0.15) is 0 Å². The molecule has 1 fully saturated rings. The van der Waals surface area contributed by atoms with Gasteiger partial charge in [0.2, 0.25) is 0 Å². The largest absolute Gasteiger partial charge is 0.420 e. The molecule has 0 aliphatic carbocycles. The zero-order valence-electron chi connectivity index (χ0n) is 26.9. The van der Waals surface area contributed by atoms with Crippen LogP contribution in [0, 0.1) is 0 Å². The lowest BCUT2D eigenvalue weighted by Crippen LogP contribution is -2.47. The van der Waals surface area contributed by atoms with Crippen LogP contribution in [-0.2, 0) is 41.2 Å². The van der Waals surface area contributed by atoms with Gasteiger partial charge in [-0.15, -0.1) is 0 Å². The topological polar surface area (TPSA) is 92.3 Å². The van der Waals surface area contributed by atoms with Crippen molar-refractivity contribution in [2.75, 3.05) is 0 Å². The molecule has 10 nitrogen and oxygen atoms in total. The van der Waals surface area contributed by atoms with Crippen LogP contribution in [0.3, 0.4) is 0 Å². The average molecular weight is 742 g/mol. The van der Waals surface area contributed by atoms with E-state index in [-0.39, 0.29) is 0 Å². The third-order valence-electron chi connectivity index (χ3n) is 6.37. The molecule has 0 aromatic rings. The van der Waals surface area contributed by atoms with Crippen LogP contribution in [0.1, 0.15) is 69.2 Å². The van der Waals surface area contributed by atoms with Crippen LogP contribution < -0.4 is 0 Å². The first kappa shape index (κ1) is 39.8. The Kier molecular flexibility index (Phi) is 23.9. The molecule has 0 saturated carbocycles. The normalized spacial score (nSPS) is 36.8. The van der Waals surface area contributed by atoms with Gasteiger partial charge in [0.05, 0.1) is 0 Å². The van der Waals surface area contributed by atoms with E-state index in [1.165, 1.54) is 0 Å². The minimum Gasteiger partial charge on any atom is -0.420 e. The molecule has 0 amide bonds. The lowest BCUT2D eigenvalue weighted by atomic mass is 11.0. The number of rotatable bonds is 10. The minimum atomic E-state index is -1.91. The summed E-state index contributed by atoms with van der Waals surface area (Å²) in [6.07, 6.45) is 0. The Hall–Kier alpha value is 1.77. The van der Waals surface area contributed by atoms with Crippen molar-refractivity contribution in [3.8, 4) is 0 Å². The zero-order chi connectivity index (χ0) is 29.9. The fraction of sp³-hybridized carbons (Fsp3) is 1.00. The van der Waals surface area contributed by atoms with Crippen molar-refractivity contribution >= 4 is 92.8 Å². The molecule has 0 spiro atoms. The van der Waals surface area contributed by atoms with Crippen molar-refractivity contribution < 1.29 is 41.2 Å². The Morgan fingerprint density at radius 2 is 0.275 bits per heavy atom. The molecule has 0 aromatic carbocycles. The molecule has 0 unspecified atom stereocenters. The molecular weight excluding hydrogens is 681 g/mol. The predicted octanol–water partition coefficient (Wildman–Crippen LogP) is 2.57. The average Bonchev–Trinajstić information content (AvgIpc) is 2.99. The van der Waals surface area contributed by atoms with Crippen LogP contribution in [0.15, 0.2) is 0 Å². The second-order valence-corrected chi connectivity index (χ2v) is 37.4. The monoisotopic (exact) mass is 740 g/mol. The van der Waals surface area contributed by atoms with E-state index in [9.17, 15) is 0 Å². The third kappa shape index (κ3) is 15.7. The summed E-state index contributed by atoms with van der Waals surface area (Å²) in [7, 11) is -19.1. The Morgan fingerprint density at radius 1 is 0.200 bits per heavy atom. The minimum absolute atomic E-state index is 0.897. The van der Waals surface area contributed by atoms with E-state index in [1.807, 2.05) is 0 Å².